The summed E-state index contributed by atoms with van der Waals surface area (Å²) in [6, 6.07) is 4.26. The molecule has 2 nitrogen and oxygen atoms in total. The number of hydrogen-bond acceptors (Lipinski definition) is 2. The van der Waals surface area contributed by atoms with E-state index >= 15 is 0 Å². The van der Waals surface area contributed by atoms with Crippen LogP contribution in [-0.4, -0.2) is 5.11 Å². The van der Waals surface area contributed by atoms with Crippen LogP contribution in [0.1, 0.15) is 0 Å². The molecule has 0 spiro atoms. The SMILES string of the molecule is Oc1ccc(OCl)c(Cl)c1. The van der Waals surface area contributed by atoms with Crippen molar-refractivity contribution >= 4 is 23.5 Å². The van der Waals surface area contributed by atoms with Crippen LogP contribution in [0.25, 0.3) is 0 Å². The summed E-state index contributed by atoms with van der Waals surface area (Å²) in [4.78, 5) is 0. The van der Waals surface area contributed by atoms with Crippen molar-refractivity contribution in [2.45, 2.75) is 0 Å². The molecular formula is C6H4Cl2O2. The number of rotatable bonds is 1. The first-order valence-electron chi connectivity index (χ1n) is 2.51. The van der Waals surface area contributed by atoms with Gasteiger partial charge in [0.15, 0.2) is 5.75 Å². The maximum atomic E-state index is 8.85. The van der Waals surface area contributed by atoms with Crippen LogP contribution in [-0.2, 0) is 0 Å². The minimum atomic E-state index is 0.0856. The standard InChI is InChI=1S/C6H4Cl2O2/c7-5-3-4(9)1-2-6(5)10-8/h1-3,9H. The van der Waals surface area contributed by atoms with E-state index in [-0.39, 0.29) is 10.8 Å². The van der Waals surface area contributed by atoms with Gasteiger partial charge in [-0.25, -0.2) is 0 Å². The minimum absolute atomic E-state index is 0.0856. The molecule has 0 bridgehead atoms. The van der Waals surface area contributed by atoms with Crippen molar-refractivity contribution in [1.82, 2.24) is 0 Å². The first-order valence-corrected chi connectivity index (χ1v) is 3.20. The third-order valence-electron chi connectivity index (χ3n) is 0.999. The monoisotopic (exact) mass is 178 g/mol. The van der Waals surface area contributed by atoms with Gasteiger partial charge in [0.05, 0.1) is 5.02 Å². The van der Waals surface area contributed by atoms with Gasteiger partial charge in [-0.3, -0.25) is 0 Å². The first kappa shape index (κ1) is 7.51. The second-order valence-corrected chi connectivity index (χ2v) is 2.25. The van der Waals surface area contributed by atoms with E-state index in [1.165, 1.54) is 18.2 Å². The molecule has 0 aliphatic heterocycles. The van der Waals surface area contributed by atoms with Crippen molar-refractivity contribution in [3.05, 3.63) is 23.2 Å². The molecule has 0 saturated carbocycles. The van der Waals surface area contributed by atoms with Gasteiger partial charge in [-0.05, 0) is 12.1 Å². The highest BCUT2D eigenvalue weighted by Gasteiger charge is 2.00. The molecule has 0 radical (unpaired) electrons. The molecule has 0 unspecified atom stereocenters. The third-order valence-corrected chi connectivity index (χ3v) is 1.46. The number of aromatic hydroxyl groups is 1. The fourth-order valence-electron chi connectivity index (χ4n) is 0.552. The van der Waals surface area contributed by atoms with Gasteiger partial charge in [-0.2, -0.15) is 0 Å². The largest absolute Gasteiger partial charge is 0.508 e. The Morgan fingerprint density at radius 3 is 2.60 bits per heavy atom. The Balaban J connectivity index is 3.07. The summed E-state index contributed by atoms with van der Waals surface area (Å²) in [5.74, 6) is 0.420. The van der Waals surface area contributed by atoms with E-state index < -0.39 is 0 Å². The molecule has 54 valence electrons. The van der Waals surface area contributed by atoms with Crippen LogP contribution in [0.3, 0.4) is 0 Å². The first-order chi connectivity index (χ1) is 4.74. The number of benzene rings is 1. The lowest BCUT2D eigenvalue weighted by molar-refractivity contribution is 0.474. The molecule has 1 aromatic carbocycles. The summed E-state index contributed by atoms with van der Waals surface area (Å²) < 4.78 is 4.33. The second-order valence-electron chi connectivity index (χ2n) is 1.69. The molecule has 0 amide bonds. The molecule has 0 heterocycles. The maximum absolute atomic E-state index is 8.85. The van der Waals surface area contributed by atoms with Crippen molar-refractivity contribution in [1.29, 1.82) is 0 Å². The smallest absolute Gasteiger partial charge is 0.165 e. The highest BCUT2D eigenvalue weighted by molar-refractivity contribution is 6.32. The fraction of sp³-hybridized carbons (Fsp3) is 0. The summed E-state index contributed by atoms with van der Waals surface area (Å²) in [7, 11) is 0. The lowest BCUT2D eigenvalue weighted by Gasteiger charge is -1.98. The molecule has 0 aliphatic rings. The highest BCUT2D eigenvalue weighted by Crippen LogP contribution is 2.28. The Morgan fingerprint density at radius 1 is 1.40 bits per heavy atom. The van der Waals surface area contributed by atoms with Gasteiger partial charge in [-0.1, -0.05) is 11.6 Å². The Kier molecular flexibility index (Phi) is 2.25. The van der Waals surface area contributed by atoms with E-state index in [4.69, 9.17) is 28.6 Å². The highest BCUT2D eigenvalue weighted by atomic mass is 35.5. The quantitative estimate of drug-likeness (QED) is 0.717. The van der Waals surface area contributed by atoms with Gasteiger partial charge in [0, 0.05) is 6.07 Å². The summed E-state index contributed by atoms with van der Waals surface area (Å²) in [6.07, 6.45) is 0. The molecule has 10 heavy (non-hydrogen) atoms. The topological polar surface area (TPSA) is 29.5 Å². The molecule has 0 fully saturated rings. The van der Waals surface area contributed by atoms with Gasteiger partial charge in [0.1, 0.15) is 17.6 Å². The van der Waals surface area contributed by atoms with Gasteiger partial charge in [0.25, 0.3) is 0 Å². The van der Waals surface area contributed by atoms with Crippen molar-refractivity contribution in [3.63, 3.8) is 0 Å². The van der Waals surface area contributed by atoms with E-state index in [2.05, 4.69) is 4.29 Å². The second kappa shape index (κ2) is 2.99. The average molecular weight is 179 g/mol. The Bertz CT molecular complexity index is 237. The zero-order chi connectivity index (χ0) is 7.56. The zero-order valence-electron chi connectivity index (χ0n) is 4.84. The van der Waals surface area contributed by atoms with Gasteiger partial charge < -0.3 is 9.40 Å². The normalized spacial score (nSPS) is 9.40. The van der Waals surface area contributed by atoms with Crippen molar-refractivity contribution < 1.29 is 9.40 Å². The van der Waals surface area contributed by atoms with Crippen LogP contribution >= 0.6 is 23.5 Å². The molecule has 1 N–H and O–H groups in total. The summed E-state index contributed by atoms with van der Waals surface area (Å²) in [5, 5.41) is 9.14. The number of hydrogen-bond donors (Lipinski definition) is 1. The number of phenols is 1. The summed E-state index contributed by atoms with van der Waals surface area (Å²) in [5.41, 5.74) is 0. The molecule has 1 rings (SSSR count). The van der Waals surface area contributed by atoms with Crippen LogP contribution in [0.15, 0.2) is 18.2 Å². The lowest BCUT2D eigenvalue weighted by Crippen LogP contribution is -1.75. The van der Waals surface area contributed by atoms with E-state index in [0.717, 1.165) is 0 Å². The van der Waals surface area contributed by atoms with E-state index in [9.17, 15) is 0 Å². The van der Waals surface area contributed by atoms with E-state index in [1.807, 2.05) is 0 Å². The predicted octanol–water partition coefficient (Wildman–Crippen LogP) is 2.58. The Morgan fingerprint density at radius 2 is 2.10 bits per heavy atom. The van der Waals surface area contributed by atoms with Gasteiger partial charge in [0.2, 0.25) is 0 Å². The molecule has 0 saturated heterocycles. The molecule has 4 heteroatoms. The van der Waals surface area contributed by atoms with Crippen LogP contribution in [0, 0.1) is 0 Å². The zero-order valence-corrected chi connectivity index (χ0v) is 6.36. The number of halogens is 2. The Hall–Kier alpha value is -0.600. The minimum Gasteiger partial charge on any atom is -0.508 e. The van der Waals surface area contributed by atoms with Crippen LogP contribution in [0.2, 0.25) is 5.02 Å². The van der Waals surface area contributed by atoms with Crippen molar-refractivity contribution in [2.24, 2.45) is 0 Å². The predicted molar refractivity (Wildman–Crippen MR) is 39.6 cm³/mol. The molecule has 0 aliphatic carbocycles. The van der Waals surface area contributed by atoms with Crippen LogP contribution in [0.4, 0.5) is 0 Å². The molecular weight excluding hydrogens is 175 g/mol. The van der Waals surface area contributed by atoms with Crippen LogP contribution < -0.4 is 4.29 Å². The average Bonchev–Trinajstić information content (AvgIpc) is 1.88. The van der Waals surface area contributed by atoms with Crippen LogP contribution in [0.5, 0.6) is 11.5 Å². The summed E-state index contributed by atoms with van der Waals surface area (Å²) in [6.45, 7) is 0. The van der Waals surface area contributed by atoms with E-state index in [0.29, 0.717) is 5.75 Å². The van der Waals surface area contributed by atoms with Crippen molar-refractivity contribution in [3.8, 4) is 11.5 Å². The summed E-state index contributed by atoms with van der Waals surface area (Å²) >= 11 is 10.6. The molecule has 0 atom stereocenters. The lowest BCUT2D eigenvalue weighted by atomic mass is 10.3. The van der Waals surface area contributed by atoms with Gasteiger partial charge in [-0.15, -0.1) is 0 Å². The van der Waals surface area contributed by atoms with Crippen molar-refractivity contribution in [2.75, 3.05) is 0 Å². The molecule has 0 aromatic heterocycles. The Labute approximate surface area is 68.1 Å². The van der Waals surface area contributed by atoms with Gasteiger partial charge >= 0.3 is 0 Å². The molecule has 1 aromatic rings. The third kappa shape index (κ3) is 1.46. The number of phenolic OH excluding ortho intramolecular Hbond substituents is 1. The maximum Gasteiger partial charge on any atom is 0.165 e. The van der Waals surface area contributed by atoms with E-state index in [1.54, 1.807) is 0 Å². The fourth-order valence-corrected chi connectivity index (χ4v) is 0.940.